The summed E-state index contributed by atoms with van der Waals surface area (Å²) in [6, 6.07) is 3.70. The zero-order valence-corrected chi connectivity index (χ0v) is 7.64. The van der Waals surface area contributed by atoms with Crippen LogP contribution in [0.5, 0.6) is 0 Å². The van der Waals surface area contributed by atoms with Crippen LogP contribution in [0.25, 0.3) is 0 Å². The van der Waals surface area contributed by atoms with E-state index >= 15 is 0 Å². The van der Waals surface area contributed by atoms with Gasteiger partial charge in [0.1, 0.15) is 0 Å². The number of carbonyl (C=O) groups excluding carboxylic acids is 1. The molecule has 2 nitrogen and oxygen atoms in total. The second-order valence-corrected chi connectivity index (χ2v) is 3.02. The molecule has 64 valence electrons. The number of Topliss-reactive ketones (excluding diaryl/α,β-unsaturated/α-hetero) is 1. The van der Waals surface area contributed by atoms with E-state index in [0.29, 0.717) is 0 Å². The van der Waals surface area contributed by atoms with Crippen molar-refractivity contribution in [2.24, 2.45) is 0 Å². The van der Waals surface area contributed by atoms with Crippen molar-refractivity contribution in [3.05, 3.63) is 28.8 Å². The molecule has 0 saturated carbocycles. The average molecular weight is 163 g/mol. The van der Waals surface area contributed by atoms with Crippen LogP contribution in [-0.2, 0) is 0 Å². The van der Waals surface area contributed by atoms with Gasteiger partial charge in [-0.3, -0.25) is 4.79 Å². The second-order valence-electron chi connectivity index (χ2n) is 3.02. The van der Waals surface area contributed by atoms with Crippen molar-refractivity contribution in [3.63, 3.8) is 0 Å². The van der Waals surface area contributed by atoms with E-state index in [1.54, 1.807) is 6.92 Å². The normalized spacial score (nSPS) is 9.92. The molecule has 0 aliphatic rings. The molecule has 0 bridgehead atoms. The lowest BCUT2D eigenvalue weighted by Gasteiger charge is -2.07. The van der Waals surface area contributed by atoms with E-state index in [0.717, 1.165) is 22.4 Å². The molecule has 0 aliphatic carbocycles. The van der Waals surface area contributed by atoms with Crippen LogP contribution in [0.2, 0.25) is 0 Å². The van der Waals surface area contributed by atoms with Crippen molar-refractivity contribution in [1.82, 2.24) is 0 Å². The van der Waals surface area contributed by atoms with Crippen molar-refractivity contribution in [3.8, 4) is 0 Å². The molecule has 0 radical (unpaired) electrons. The Hall–Kier alpha value is -1.31. The van der Waals surface area contributed by atoms with Gasteiger partial charge in [0.15, 0.2) is 5.78 Å². The first-order chi connectivity index (χ1) is 5.54. The minimum absolute atomic E-state index is 0.0687. The highest BCUT2D eigenvalue weighted by atomic mass is 16.1. The molecule has 1 aromatic rings. The molecule has 0 aromatic heterocycles. The van der Waals surface area contributed by atoms with E-state index in [2.05, 4.69) is 0 Å². The standard InChI is InChI=1S/C10H13NO/c1-6-4-5-9(8(3)12)7(2)10(6)11/h4-5H,11H2,1-3H3. The Labute approximate surface area is 72.4 Å². The maximum Gasteiger partial charge on any atom is 0.160 e. The Morgan fingerprint density at radius 2 is 1.92 bits per heavy atom. The van der Waals surface area contributed by atoms with E-state index < -0.39 is 0 Å². The molecule has 2 N–H and O–H groups in total. The van der Waals surface area contributed by atoms with Crippen molar-refractivity contribution in [2.45, 2.75) is 20.8 Å². The molecule has 2 heteroatoms. The number of anilines is 1. The molecular formula is C10H13NO. The topological polar surface area (TPSA) is 43.1 Å². The first kappa shape index (κ1) is 8.78. The number of carbonyl (C=O) groups is 1. The molecule has 1 rings (SSSR count). The van der Waals surface area contributed by atoms with E-state index in [1.807, 2.05) is 26.0 Å². The van der Waals surface area contributed by atoms with Crippen LogP contribution in [0.3, 0.4) is 0 Å². The van der Waals surface area contributed by atoms with Crippen molar-refractivity contribution in [1.29, 1.82) is 0 Å². The molecule has 0 spiro atoms. The third-order valence-electron chi connectivity index (χ3n) is 2.11. The van der Waals surface area contributed by atoms with Crippen LogP contribution in [-0.4, -0.2) is 5.78 Å². The smallest absolute Gasteiger partial charge is 0.160 e. The van der Waals surface area contributed by atoms with Gasteiger partial charge in [-0.1, -0.05) is 12.1 Å². The van der Waals surface area contributed by atoms with Gasteiger partial charge in [0.25, 0.3) is 0 Å². The first-order valence-electron chi connectivity index (χ1n) is 3.90. The Bertz CT molecular complexity index is 329. The molecular weight excluding hydrogens is 150 g/mol. The summed E-state index contributed by atoms with van der Waals surface area (Å²) in [5.41, 5.74) is 9.13. The first-order valence-corrected chi connectivity index (χ1v) is 3.90. The lowest BCUT2D eigenvalue weighted by Crippen LogP contribution is -2.01. The van der Waals surface area contributed by atoms with Gasteiger partial charge in [0, 0.05) is 11.3 Å². The van der Waals surface area contributed by atoms with Gasteiger partial charge in [-0.25, -0.2) is 0 Å². The monoisotopic (exact) mass is 163 g/mol. The van der Waals surface area contributed by atoms with Crippen molar-refractivity contribution >= 4 is 11.5 Å². The van der Waals surface area contributed by atoms with Crippen LogP contribution < -0.4 is 5.73 Å². The van der Waals surface area contributed by atoms with Crippen molar-refractivity contribution < 1.29 is 4.79 Å². The minimum Gasteiger partial charge on any atom is -0.398 e. The maximum atomic E-state index is 11.1. The number of nitrogen functional groups attached to an aromatic ring is 1. The van der Waals surface area contributed by atoms with Gasteiger partial charge in [-0.2, -0.15) is 0 Å². The van der Waals surface area contributed by atoms with Crippen molar-refractivity contribution in [2.75, 3.05) is 5.73 Å². The average Bonchev–Trinajstić information content (AvgIpc) is 2.00. The minimum atomic E-state index is 0.0687. The molecule has 0 heterocycles. The van der Waals surface area contributed by atoms with E-state index in [1.165, 1.54) is 0 Å². The van der Waals surface area contributed by atoms with Gasteiger partial charge < -0.3 is 5.73 Å². The zero-order chi connectivity index (χ0) is 9.30. The number of rotatable bonds is 1. The number of nitrogens with two attached hydrogens (primary N) is 1. The molecule has 0 saturated heterocycles. The third-order valence-corrected chi connectivity index (χ3v) is 2.11. The highest BCUT2D eigenvalue weighted by molar-refractivity contribution is 5.97. The molecule has 0 aliphatic heterocycles. The number of benzene rings is 1. The Kier molecular flexibility index (Phi) is 2.18. The second kappa shape index (κ2) is 2.97. The van der Waals surface area contributed by atoms with E-state index in [4.69, 9.17) is 5.73 Å². The fourth-order valence-electron chi connectivity index (χ4n) is 1.25. The Morgan fingerprint density at radius 1 is 1.33 bits per heavy atom. The molecule has 1 aromatic carbocycles. The third kappa shape index (κ3) is 1.33. The molecule has 0 amide bonds. The number of hydrogen-bond donors (Lipinski definition) is 1. The van der Waals surface area contributed by atoms with Crippen LogP contribution in [0.15, 0.2) is 12.1 Å². The summed E-state index contributed by atoms with van der Waals surface area (Å²) < 4.78 is 0. The summed E-state index contributed by atoms with van der Waals surface area (Å²) in [4.78, 5) is 11.1. The zero-order valence-electron chi connectivity index (χ0n) is 7.64. The fourth-order valence-corrected chi connectivity index (χ4v) is 1.25. The highest BCUT2D eigenvalue weighted by Gasteiger charge is 2.07. The van der Waals surface area contributed by atoms with Gasteiger partial charge in [-0.05, 0) is 31.9 Å². The number of ketones is 1. The molecule has 0 atom stereocenters. The maximum absolute atomic E-state index is 11.1. The fraction of sp³-hybridized carbons (Fsp3) is 0.300. The highest BCUT2D eigenvalue weighted by Crippen LogP contribution is 2.20. The molecule has 12 heavy (non-hydrogen) atoms. The van der Waals surface area contributed by atoms with Gasteiger partial charge in [-0.15, -0.1) is 0 Å². The predicted octanol–water partition coefficient (Wildman–Crippen LogP) is 2.09. The summed E-state index contributed by atoms with van der Waals surface area (Å²) >= 11 is 0. The van der Waals surface area contributed by atoms with E-state index in [-0.39, 0.29) is 5.78 Å². The summed E-state index contributed by atoms with van der Waals surface area (Å²) in [7, 11) is 0. The SMILES string of the molecule is CC(=O)c1ccc(C)c(N)c1C. The summed E-state index contributed by atoms with van der Waals surface area (Å²) in [5.74, 6) is 0.0687. The van der Waals surface area contributed by atoms with Crippen LogP contribution >= 0.6 is 0 Å². The van der Waals surface area contributed by atoms with Crippen LogP contribution in [0.4, 0.5) is 5.69 Å². The molecule has 0 fully saturated rings. The number of aryl methyl sites for hydroxylation is 1. The summed E-state index contributed by atoms with van der Waals surface area (Å²) in [6.07, 6.45) is 0. The largest absolute Gasteiger partial charge is 0.398 e. The van der Waals surface area contributed by atoms with Gasteiger partial charge in [0.05, 0.1) is 0 Å². The lowest BCUT2D eigenvalue weighted by atomic mass is 10.0. The van der Waals surface area contributed by atoms with Gasteiger partial charge >= 0.3 is 0 Å². The molecule has 0 unspecified atom stereocenters. The van der Waals surface area contributed by atoms with E-state index in [9.17, 15) is 4.79 Å². The van der Waals surface area contributed by atoms with Crippen LogP contribution in [0.1, 0.15) is 28.4 Å². The Balaban J connectivity index is 3.36. The summed E-state index contributed by atoms with van der Waals surface area (Å²) in [6.45, 7) is 5.36. The lowest BCUT2D eigenvalue weighted by molar-refractivity contribution is 0.101. The summed E-state index contributed by atoms with van der Waals surface area (Å²) in [5, 5.41) is 0. The predicted molar refractivity (Wildman–Crippen MR) is 50.3 cm³/mol. The van der Waals surface area contributed by atoms with Gasteiger partial charge in [0.2, 0.25) is 0 Å². The van der Waals surface area contributed by atoms with Crippen LogP contribution in [0, 0.1) is 13.8 Å². The Morgan fingerprint density at radius 3 is 2.42 bits per heavy atom. The quantitative estimate of drug-likeness (QED) is 0.509. The number of hydrogen-bond acceptors (Lipinski definition) is 2.